The van der Waals surface area contributed by atoms with Crippen molar-refractivity contribution in [3.63, 3.8) is 0 Å². The van der Waals surface area contributed by atoms with Crippen molar-refractivity contribution in [2.24, 2.45) is 17.8 Å². The standard InChI is InChI=1S/C31H30O3/c1-33-29-26-15-21(9-8-20-6-4-3-5-7-20)10-11-25(26)16-27(30(32)34-2)28(29)31-17-22-12-23(18-31)14-24(13-22)19-31/h3-7,10-11,15-16,22-24H,12-14,17-19H2,1-2H3. The molecule has 3 heteroatoms. The van der Waals surface area contributed by atoms with Gasteiger partial charge in [-0.05, 0) is 92.0 Å². The van der Waals surface area contributed by atoms with E-state index in [1.807, 2.05) is 48.5 Å². The van der Waals surface area contributed by atoms with E-state index in [0.717, 1.165) is 70.2 Å². The first kappa shape index (κ1) is 21.3. The molecule has 0 aromatic heterocycles. The molecule has 4 fully saturated rings. The van der Waals surface area contributed by atoms with E-state index in [1.165, 1.54) is 26.4 Å². The van der Waals surface area contributed by atoms with Gasteiger partial charge in [0.15, 0.2) is 0 Å². The van der Waals surface area contributed by atoms with Gasteiger partial charge >= 0.3 is 5.97 Å². The van der Waals surface area contributed by atoms with Gasteiger partial charge in [-0.15, -0.1) is 0 Å². The van der Waals surface area contributed by atoms with Crippen LogP contribution in [0.5, 0.6) is 5.75 Å². The molecule has 3 aromatic rings. The molecule has 0 spiro atoms. The fraction of sp³-hybridized carbons (Fsp3) is 0.387. The quantitative estimate of drug-likeness (QED) is 0.337. The molecule has 0 N–H and O–H groups in total. The molecule has 34 heavy (non-hydrogen) atoms. The molecule has 7 rings (SSSR count). The number of hydrogen-bond acceptors (Lipinski definition) is 3. The lowest BCUT2D eigenvalue weighted by atomic mass is 9.47. The summed E-state index contributed by atoms with van der Waals surface area (Å²) in [6, 6.07) is 18.2. The van der Waals surface area contributed by atoms with Crippen LogP contribution in [-0.4, -0.2) is 20.2 Å². The summed E-state index contributed by atoms with van der Waals surface area (Å²) in [5.41, 5.74) is 3.70. The van der Waals surface area contributed by atoms with E-state index in [0.29, 0.717) is 5.56 Å². The van der Waals surface area contributed by atoms with E-state index in [2.05, 4.69) is 17.9 Å². The lowest BCUT2D eigenvalue weighted by Gasteiger charge is -2.57. The summed E-state index contributed by atoms with van der Waals surface area (Å²) < 4.78 is 11.4. The number of carbonyl (C=O) groups excluding carboxylic acids is 1. The summed E-state index contributed by atoms with van der Waals surface area (Å²) in [4.78, 5) is 13.1. The van der Waals surface area contributed by atoms with Gasteiger partial charge < -0.3 is 9.47 Å². The topological polar surface area (TPSA) is 35.5 Å². The van der Waals surface area contributed by atoms with Gasteiger partial charge in [-0.25, -0.2) is 4.79 Å². The second-order valence-electron chi connectivity index (χ2n) is 10.6. The van der Waals surface area contributed by atoms with Crippen LogP contribution in [0.4, 0.5) is 0 Å². The molecule has 0 unspecified atom stereocenters. The van der Waals surface area contributed by atoms with Crippen molar-refractivity contribution >= 4 is 16.7 Å². The van der Waals surface area contributed by atoms with E-state index in [4.69, 9.17) is 9.47 Å². The van der Waals surface area contributed by atoms with Gasteiger partial charge in [-0.2, -0.15) is 0 Å². The molecule has 0 aliphatic heterocycles. The highest BCUT2D eigenvalue weighted by Crippen LogP contribution is 2.63. The molecule has 3 nitrogen and oxygen atoms in total. The largest absolute Gasteiger partial charge is 0.496 e. The second-order valence-corrected chi connectivity index (χ2v) is 10.6. The zero-order valence-corrected chi connectivity index (χ0v) is 19.9. The highest BCUT2D eigenvalue weighted by Gasteiger charge is 2.53. The normalized spacial score (nSPS) is 26.7. The molecule has 4 aliphatic rings. The zero-order valence-electron chi connectivity index (χ0n) is 19.9. The van der Waals surface area contributed by atoms with Crippen molar-refractivity contribution in [3.05, 3.63) is 76.9 Å². The molecule has 3 aromatic carbocycles. The highest BCUT2D eigenvalue weighted by atomic mass is 16.5. The third-order valence-corrected chi connectivity index (χ3v) is 8.40. The van der Waals surface area contributed by atoms with Gasteiger partial charge in [0.05, 0.1) is 19.8 Å². The molecule has 172 valence electrons. The number of benzene rings is 3. The molecule has 0 heterocycles. The van der Waals surface area contributed by atoms with Crippen LogP contribution in [0.15, 0.2) is 54.6 Å². The summed E-state index contributed by atoms with van der Waals surface area (Å²) in [5, 5.41) is 2.01. The Labute approximate surface area is 201 Å². The molecular formula is C31H30O3. The Morgan fingerprint density at radius 1 is 0.853 bits per heavy atom. The first-order valence-corrected chi connectivity index (χ1v) is 12.4. The Morgan fingerprint density at radius 3 is 2.12 bits per heavy atom. The van der Waals surface area contributed by atoms with Crippen molar-refractivity contribution < 1.29 is 14.3 Å². The number of hydrogen-bond donors (Lipinski definition) is 0. The summed E-state index contributed by atoms with van der Waals surface area (Å²) in [5.74, 6) is 9.43. The van der Waals surface area contributed by atoms with Gasteiger partial charge in [0.25, 0.3) is 0 Å². The molecule has 4 bridgehead atoms. The second kappa shape index (κ2) is 8.20. The molecular weight excluding hydrogens is 420 g/mol. The van der Waals surface area contributed by atoms with Gasteiger partial charge in [0.1, 0.15) is 5.75 Å². The third kappa shape index (κ3) is 3.48. The lowest BCUT2D eigenvalue weighted by molar-refractivity contribution is -0.00682. The smallest absolute Gasteiger partial charge is 0.338 e. The van der Waals surface area contributed by atoms with Gasteiger partial charge in [-0.1, -0.05) is 36.1 Å². The van der Waals surface area contributed by atoms with Crippen LogP contribution in [-0.2, 0) is 10.2 Å². The molecule has 0 atom stereocenters. The summed E-state index contributed by atoms with van der Waals surface area (Å²) in [6.07, 6.45) is 7.50. The lowest BCUT2D eigenvalue weighted by Crippen LogP contribution is -2.49. The maximum Gasteiger partial charge on any atom is 0.338 e. The molecule has 0 radical (unpaired) electrons. The van der Waals surface area contributed by atoms with Crippen LogP contribution in [0.25, 0.3) is 10.8 Å². The maximum absolute atomic E-state index is 13.1. The summed E-state index contributed by atoms with van der Waals surface area (Å²) >= 11 is 0. The van der Waals surface area contributed by atoms with Crippen LogP contribution in [0.1, 0.15) is 65.6 Å². The predicted octanol–water partition coefficient (Wildman–Crippen LogP) is 6.50. The van der Waals surface area contributed by atoms with Gasteiger partial charge in [0, 0.05) is 27.5 Å². The molecule has 4 aliphatic carbocycles. The van der Waals surface area contributed by atoms with Crippen LogP contribution in [0.3, 0.4) is 0 Å². The number of ether oxygens (including phenoxy) is 2. The Kier molecular flexibility index (Phi) is 5.14. The maximum atomic E-state index is 13.1. The van der Waals surface area contributed by atoms with E-state index in [9.17, 15) is 4.79 Å². The third-order valence-electron chi connectivity index (χ3n) is 8.40. The van der Waals surface area contributed by atoms with Crippen LogP contribution >= 0.6 is 0 Å². The molecule has 0 saturated heterocycles. The minimum absolute atomic E-state index is 0.00350. The van der Waals surface area contributed by atoms with Crippen LogP contribution in [0.2, 0.25) is 0 Å². The van der Waals surface area contributed by atoms with Gasteiger partial charge in [-0.3, -0.25) is 0 Å². The predicted molar refractivity (Wildman–Crippen MR) is 134 cm³/mol. The van der Waals surface area contributed by atoms with Crippen LogP contribution < -0.4 is 4.74 Å². The molecule has 4 saturated carbocycles. The Morgan fingerprint density at radius 2 is 1.50 bits per heavy atom. The summed E-state index contributed by atoms with van der Waals surface area (Å²) in [6.45, 7) is 0. The number of fused-ring (bicyclic) bond motifs is 1. The Hall–Kier alpha value is -3.25. The number of rotatable bonds is 3. The number of carbonyl (C=O) groups is 1. The van der Waals surface area contributed by atoms with Crippen molar-refractivity contribution in [1.29, 1.82) is 0 Å². The van der Waals surface area contributed by atoms with Gasteiger partial charge in [0.2, 0.25) is 0 Å². The average Bonchev–Trinajstić information content (AvgIpc) is 2.85. The average molecular weight is 451 g/mol. The Bertz CT molecular complexity index is 1290. The number of methoxy groups -OCH3 is 2. The van der Waals surface area contributed by atoms with Crippen molar-refractivity contribution in [2.45, 2.75) is 43.9 Å². The van der Waals surface area contributed by atoms with E-state index in [-0.39, 0.29) is 11.4 Å². The SMILES string of the molecule is COC(=O)c1cc2ccc(C#Cc3ccccc3)cc2c(OC)c1C12CC3CC(CC(C3)C1)C2. The number of esters is 1. The zero-order chi connectivity index (χ0) is 23.3. The minimum Gasteiger partial charge on any atom is -0.496 e. The monoisotopic (exact) mass is 450 g/mol. The van der Waals surface area contributed by atoms with Crippen molar-refractivity contribution in [2.75, 3.05) is 14.2 Å². The first-order chi connectivity index (χ1) is 16.6. The van der Waals surface area contributed by atoms with E-state index in [1.54, 1.807) is 7.11 Å². The van der Waals surface area contributed by atoms with E-state index >= 15 is 0 Å². The van der Waals surface area contributed by atoms with Crippen LogP contribution in [0, 0.1) is 29.6 Å². The van der Waals surface area contributed by atoms with Crippen molar-refractivity contribution in [1.82, 2.24) is 0 Å². The van der Waals surface area contributed by atoms with Crippen molar-refractivity contribution in [3.8, 4) is 17.6 Å². The highest BCUT2D eigenvalue weighted by molar-refractivity contribution is 6.01. The fourth-order valence-electron chi connectivity index (χ4n) is 7.53. The summed E-state index contributed by atoms with van der Waals surface area (Å²) in [7, 11) is 3.22. The Balaban J connectivity index is 1.54. The minimum atomic E-state index is -0.265. The fourth-order valence-corrected chi connectivity index (χ4v) is 7.53. The van der Waals surface area contributed by atoms with E-state index < -0.39 is 0 Å². The first-order valence-electron chi connectivity index (χ1n) is 12.4. The molecule has 0 amide bonds.